The van der Waals surface area contributed by atoms with Gasteiger partial charge in [-0.25, -0.2) is 9.48 Å². The van der Waals surface area contributed by atoms with Gasteiger partial charge in [-0.15, -0.1) is 5.10 Å². The molecular weight excluding hydrogens is 366 g/mol. The molecule has 148 valence electrons. The molecule has 0 aliphatic rings. The fourth-order valence-corrected chi connectivity index (χ4v) is 3.45. The van der Waals surface area contributed by atoms with Crippen molar-refractivity contribution < 1.29 is 9.52 Å². The SMILES string of the molecule is CCCCCc1ccc(-c2cn(Cc3cc(=O)oc4cc(O)ccc34)nn2)cc1. The van der Waals surface area contributed by atoms with Gasteiger partial charge in [0, 0.05) is 23.1 Å². The molecule has 0 unspecified atom stereocenters. The normalized spacial score (nSPS) is 11.2. The molecule has 0 radical (unpaired) electrons. The van der Waals surface area contributed by atoms with Gasteiger partial charge in [0.05, 0.1) is 12.7 Å². The zero-order valence-corrected chi connectivity index (χ0v) is 16.3. The van der Waals surface area contributed by atoms with Gasteiger partial charge in [-0.05, 0) is 36.1 Å². The molecule has 2 heterocycles. The Bertz CT molecular complexity index is 1180. The molecule has 0 saturated carbocycles. The molecule has 0 atom stereocenters. The number of aryl methyl sites for hydroxylation is 1. The predicted molar refractivity (Wildman–Crippen MR) is 112 cm³/mol. The maximum Gasteiger partial charge on any atom is 0.336 e. The lowest BCUT2D eigenvalue weighted by Gasteiger charge is -2.05. The lowest BCUT2D eigenvalue weighted by Crippen LogP contribution is -2.06. The Morgan fingerprint density at radius 1 is 1.07 bits per heavy atom. The third kappa shape index (κ3) is 4.37. The van der Waals surface area contributed by atoms with Crippen LogP contribution in [-0.4, -0.2) is 20.1 Å². The van der Waals surface area contributed by atoms with Gasteiger partial charge in [-0.2, -0.15) is 0 Å². The standard InChI is InChI=1S/C23H23N3O3/c1-2-3-4-5-16-6-8-17(9-7-16)21-15-26(25-24-21)14-18-12-23(28)29-22-13-19(27)10-11-20(18)22/h6-13,15,27H,2-5,14H2,1H3. The minimum Gasteiger partial charge on any atom is -0.508 e. The average molecular weight is 389 g/mol. The number of phenolic OH excluding ortho intramolecular Hbond substituents is 1. The Hall–Kier alpha value is -3.41. The molecule has 0 bridgehead atoms. The Morgan fingerprint density at radius 2 is 1.90 bits per heavy atom. The number of benzene rings is 2. The first-order chi connectivity index (χ1) is 14.1. The van der Waals surface area contributed by atoms with Gasteiger partial charge in [-0.1, -0.05) is 49.2 Å². The second-order valence-corrected chi connectivity index (χ2v) is 7.23. The monoisotopic (exact) mass is 389 g/mol. The van der Waals surface area contributed by atoms with Crippen molar-refractivity contribution in [1.82, 2.24) is 15.0 Å². The van der Waals surface area contributed by atoms with Crippen LogP contribution < -0.4 is 5.63 Å². The van der Waals surface area contributed by atoms with E-state index in [1.54, 1.807) is 16.8 Å². The number of hydrogen-bond donors (Lipinski definition) is 1. The zero-order valence-electron chi connectivity index (χ0n) is 16.3. The number of nitrogens with zero attached hydrogens (tertiary/aromatic N) is 3. The molecule has 0 spiro atoms. The van der Waals surface area contributed by atoms with Gasteiger partial charge in [-0.3, -0.25) is 0 Å². The molecule has 6 heteroatoms. The van der Waals surface area contributed by atoms with Crippen LogP contribution in [0.4, 0.5) is 0 Å². The van der Waals surface area contributed by atoms with Crippen LogP contribution in [0.15, 0.2) is 63.9 Å². The molecule has 0 saturated heterocycles. The highest BCUT2D eigenvalue weighted by Gasteiger charge is 2.10. The van der Waals surface area contributed by atoms with Crippen molar-refractivity contribution in [2.75, 3.05) is 0 Å². The van der Waals surface area contributed by atoms with Crippen molar-refractivity contribution in [1.29, 1.82) is 0 Å². The van der Waals surface area contributed by atoms with Crippen LogP contribution >= 0.6 is 0 Å². The minimum atomic E-state index is -0.461. The third-order valence-corrected chi connectivity index (χ3v) is 5.00. The smallest absolute Gasteiger partial charge is 0.336 e. The first-order valence-corrected chi connectivity index (χ1v) is 9.87. The highest BCUT2D eigenvalue weighted by atomic mass is 16.4. The molecule has 1 N–H and O–H groups in total. The first-order valence-electron chi connectivity index (χ1n) is 9.87. The Balaban J connectivity index is 1.54. The van der Waals surface area contributed by atoms with Crippen molar-refractivity contribution in [3.63, 3.8) is 0 Å². The van der Waals surface area contributed by atoms with E-state index in [-0.39, 0.29) is 5.75 Å². The predicted octanol–water partition coefficient (Wildman–Crippen LogP) is 4.54. The van der Waals surface area contributed by atoms with Crippen LogP contribution in [0.25, 0.3) is 22.2 Å². The van der Waals surface area contributed by atoms with Crippen molar-refractivity contribution in [3.05, 3.63) is 76.3 Å². The largest absolute Gasteiger partial charge is 0.508 e. The van der Waals surface area contributed by atoms with Gasteiger partial charge in [0.15, 0.2) is 0 Å². The lowest BCUT2D eigenvalue weighted by molar-refractivity contribution is 0.473. The van der Waals surface area contributed by atoms with Crippen LogP contribution in [0, 0.1) is 0 Å². The molecular formula is C23H23N3O3. The second-order valence-electron chi connectivity index (χ2n) is 7.23. The van der Waals surface area contributed by atoms with Gasteiger partial charge in [0.1, 0.15) is 17.0 Å². The quantitative estimate of drug-likeness (QED) is 0.371. The third-order valence-electron chi connectivity index (χ3n) is 5.00. The summed E-state index contributed by atoms with van der Waals surface area (Å²) in [4.78, 5) is 11.9. The maximum atomic E-state index is 11.9. The number of phenols is 1. The summed E-state index contributed by atoms with van der Waals surface area (Å²) in [6.45, 7) is 2.59. The summed E-state index contributed by atoms with van der Waals surface area (Å²) in [5.41, 5.74) is 3.79. The summed E-state index contributed by atoms with van der Waals surface area (Å²) in [5.74, 6) is 0.0546. The summed E-state index contributed by atoms with van der Waals surface area (Å²) >= 11 is 0. The van der Waals surface area contributed by atoms with E-state index in [0.717, 1.165) is 28.6 Å². The number of aromatic nitrogens is 3. The van der Waals surface area contributed by atoms with E-state index in [1.807, 2.05) is 6.20 Å². The molecule has 4 rings (SSSR count). The van der Waals surface area contributed by atoms with Crippen molar-refractivity contribution in [2.24, 2.45) is 0 Å². The highest BCUT2D eigenvalue weighted by Crippen LogP contribution is 2.23. The summed E-state index contributed by atoms with van der Waals surface area (Å²) in [6, 6.07) is 14.6. The van der Waals surface area contributed by atoms with Crippen LogP contribution in [0.5, 0.6) is 5.75 Å². The van der Waals surface area contributed by atoms with Gasteiger partial charge >= 0.3 is 5.63 Å². The average Bonchev–Trinajstić information content (AvgIpc) is 3.17. The molecule has 2 aromatic carbocycles. The summed E-state index contributed by atoms with van der Waals surface area (Å²) in [5, 5.41) is 18.9. The van der Waals surface area contributed by atoms with E-state index in [0.29, 0.717) is 12.1 Å². The number of unbranched alkanes of at least 4 members (excludes halogenated alkanes) is 2. The van der Waals surface area contributed by atoms with E-state index in [9.17, 15) is 9.90 Å². The zero-order chi connectivity index (χ0) is 20.2. The number of rotatable bonds is 7. The van der Waals surface area contributed by atoms with E-state index in [1.165, 1.54) is 37.0 Å². The second kappa shape index (κ2) is 8.31. The van der Waals surface area contributed by atoms with Crippen LogP contribution in [-0.2, 0) is 13.0 Å². The van der Waals surface area contributed by atoms with Crippen LogP contribution in [0.2, 0.25) is 0 Å². The first kappa shape index (κ1) is 18.9. The van der Waals surface area contributed by atoms with E-state index in [2.05, 4.69) is 41.5 Å². The van der Waals surface area contributed by atoms with E-state index in [4.69, 9.17) is 4.42 Å². The summed E-state index contributed by atoms with van der Waals surface area (Å²) in [7, 11) is 0. The van der Waals surface area contributed by atoms with Gasteiger partial charge < -0.3 is 9.52 Å². The molecule has 4 aromatic rings. The molecule has 0 aliphatic heterocycles. The topological polar surface area (TPSA) is 81.2 Å². The Kier molecular flexibility index (Phi) is 5.42. The molecule has 0 fully saturated rings. The van der Waals surface area contributed by atoms with Gasteiger partial charge in [0.2, 0.25) is 0 Å². The molecule has 6 nitrogen and oxygen atoms in total. The van der Waals surface area contributed by atoms with E-state index < -0.39 is 5.63 Å². The minimum absolute atomic E-state index is 0.0546. The summed E-state index contributed by atoms with van der Waals surface area (Å²) in [6.07, 6.45) is 6.65. The molecule has 0 aliphatic carbocycles. The van der Waals surface area contributed by atoms with Crippen molar-refractivity contribution in [3.8, 4) is 17.0 Å². The Labute approximate surface area is 168 Å². The summed E-state index contributed by atoms with van der Waals surface area (Å²) < 4.78 is 6.88. The lowest BCUT2D eigenvalue weighted by atomic mass is 10.0. The fraction of sp³-hybridized carbons (Fsp3) is 0.261. The Morgan fingerprint density at radius 3 is 2.69 bits per heavy atom. The fourth-order valence-electron chi connectivity index (χ4n) is 3.45. The highest BCUT2D eigenvalue weighted by molar-refractivity contribution is 5.81. The maximum absolute atomic E-state index is 11.9. The molecule has 0 amide bonds. The van der Waals surface area contributed by atoms with Crippen LogP contribution in [0.3, 0.4) is 0 Å². The molecule has 2 aromatic heterocycles. The van der Waals surface area contributed by atoms with Gasteiger partial charge in [0.25, 0.3) is 0 Å². The number of aromatic hydroxyl groups is 1. The number of hydrogen-bond acceptors (Lipinski definition) is 5. The van der Waals surface area contributed by atoms with E-state index >= 15 is 0 Å². The van der Waals surface area contributed by atoms with Crippen molar-refractivity contribution in [2.45, 2.75) is 39.2 Å². The van der Waals surface area contributed by atoms with Crippen molar-refractivity contribution >= 4 is 11.0 Å². The molecule has 29 heavy (non-hydrogen) atoms. The van der Waals surface area contributed by atoms with Crippen LogP contribution in [0.1, 0.15) is 37.3 Å². The number of fused-ring (bicyclic) bond motifs is 1.